The van der Waals surface area contributed by atoms with E-state index in [1.807, 2.05) is 0 Å². The fourth-order valence-corrected chi connectivity index (χ4v) is 7.37. The lowest BCUT2D eigenvalue weighted by Gasteiger charge is -2.13. The van der Waals surface area contributed by atoms with E-state index in [0.29, 0.717) is 5.95 Å². The van der Waals surface area contributed by atoms with Crippen molar-refractivity contribution in [3.05, 3.63) is 170 Å². The topological polar surface area (TPSA) is 35.6 Å². The van der Waals surface area contributed by atoms with Crippen LogP contribution in [-0.4, -0.2) is 19.1 Å². The highest BCUT2D eigenvalue weighted by Crippen LogP contribution is 2.38. The molecule has 0 saturated carbocycles. The van der Waals surface area contributed by atoms with Crippen molar-refractivity contribution in [3.63, 3.8) is 0 Å². The first kappa shape index (κ1) is 26.7. The minimum atomic E-state index is 0.660. The lowest BCUT2D eigenvalue weighted by molar-refractivity contribution is 1.02. The summed E-state index contributed by atoms with van der Waals surface area (Å²) in [7, 11) is 0. The number of hydrogen-bond acceptors (Lipinski definition) is 2. The van der Waals surface area contributed by atoms with E-state index in [1.165, 1.54) is 32.7 Å². The smallest absolute Gasteiger partial charge is 0.235 e. The van der Waals surface area contributed by atoms with Crippen molar-refractivity contribution in [1.29, 1.82) is 0 Å². The third-order valence-corrected chi connectivity index (χ3v) is 9.59. The normalized spacial score (nSPS) is 11.8. The van der Waals surface area contributed by atoms with Crippen LogP contribution in [0.1, 0.15) is 0 Å². The van der Waals surface area contributed by atoms with Crippen LogP contribution in [0.3, 0.4) is 0 Å². The first-order valence-electron chi connectivity index (χ1n) is 16.3. The van der Waals surface area contributed by atoms with E-state index in [4.69, 9.17) is 9.97 Å². The first-order chi connectivity index (χ1) is 23.8. The largest absolute Gasteiger partial charge is 0.316 e. The quantitative estimate of drug-likeness (QED) is 0.198. The molecule has 4 heteroatoms. The van der Waals surface area contributed by atoms with Crippen molar-refractivity contribution < 1.29 is 0 Å². The average molecular weight is 613 g/mol. The van der Waals surface area contributed by atoms with Gasteiger partial charge in [-0.1, -0.05) is 127 Å². The van der Waals surface area contributed by atoms with E-state index in [1.54, 1.807) is 0 Å². The number of rotatable bonds is 4. The van der Waals surface area contributed by atoms with Gasteiger partial charge in [-0.05, 0) is 58.3 Å². The molecule has 3 aromatic heterocycles. The van der Waals surface area contributed by atoms with Gasteiger partial charge in [0.05, 0.1) is 27.8 Å². The molecule has 0 N–H and O–H groups in total. The van der Waals surface area contributed by atoms with Gasteiger partial charge in [0, 0.05) is 39.0 Å². The van der Waals surface area contributed by atoms with Crippen molar-refractivity contribution in [1.82, 2.24) is 19.1 Å². The summed E-state index contributed by atoms with van der Waals surface area (Å²) in [5.74, 6) is 0.660. The van der Waals surface area contributed by atoms with Crippen LogP contribution in [0.2, 0.25) is 0 Å². The van der Waals surface area contributed by atoms with Crippen molar-refractivity contribution in [3.8, 4) is 34.0 Å². The van der Waals surface area contributed by atoms with Crippen LogP contribution in [0.15, 0.2) is 170 Å². The first-order valence-corrected chi connectivity index (χ1v) is 16.3. The van der Waals surface area contributed by atoms with E-state index in [9.17, 15) is 0 Å². The molecule has 0 amide bonds. The Hall–Kier alpha value is -6.52. The molecule has 3 heterocycles. The molecule has 48 heavy (non-hydrogen) atoms. The van der Waals surface area contributed by atoms with E-state index >= 15 is 0 Å². The zero-order valence-electron chi connectivity index (χ0n) is 26.0. The maximum Gasteiger partial charge on any atom is 0.235 e. The third kappa shape index (κ3) is 4.03. The summed E-state index contributed by atoms with van der Waals surface area (Å²) in [4.78, 5) is 10.6. The molecule has 224 valence electrons. The highest BCUT2D eigenvalue weighted by atomic mass is 15.2. The molecule has 4 nitrogen and oxygen atoms in total. The summed E-state index contributed by atoms with van der Waals surface area (Å²) in [6.45, 7) is 0. The van der Waals surface area contributed by atoms with Gasteiger partial charge < -0.3 is 4.57 Å². The SMILES string of the molecule is c1ccc(-n2ccc3c2ccc2c4ccccc4n(-c4nc(-c5ccc(-c6cccc7ccccc67)cc5)c5ccccc5n4)c23)cc1. The molecule has 0 atom stereocenters. The second-order valence-corrected chi connectivity index (χ2v) is 12.3. The van der Waals surface area contributed by atoms with Gasteiger partial charge in [0.15, 0.2) is 0 Å². The molecule has 0 spiro atoms. The summed E-state index contributed by atoms with van der Waals surface area (Å²) in [6, 6.07) is 57.9. The molecular formula is C44H28N4. The van der Waals surface area contributed by atoms with Crippen molar-refractivity contribution >= 4 is 54.4 Å². The fourth-order valence-electron chi connectivity index (χ4n) is 7.37. The number of fused-ring (bicyclic) bond motifs is 7. The summed E-state index contributed by atoms with van der Waals surface area (Å²) in [5.41, 5.74) is 9.76. The third-order valence-electron chi connectivity index (χ3n) is 9.59. The summed E-state index contributed by atoms with van der Waals surface area (Å²) >= 11 is 0. The zero-order chi connectivity index (χ0) is 31.6. The minimum absolute atomic E-state index is 0.660. The zero-order valence-corrected chi connectivity index (χ0v) is 26.0. The Morgan fingerprint density at radius 1 is 0.417 bits per heavy atom. The number of hydrogen-bond donors (Lipinski definition) is 0. The molecule has 0 radical (unpaired) electrons. The second-order valence-electron chi connectivity index (χ2n) is 12.3. The molecule has 0 aliphatic carbocycles. The van der Waals surface area contributed by atoms with Crippen LogP contribution in [0.25, 0.3) is 88.4 Å². The standard InChI is InChI=1S/C44H28N4/c1-2-13-32(14-3-1)47-28-27-38-40(47)26-25-36-35-16-7-9-20-41(35)48(43(36)38)44-45-39-19-8-6-17-37(39)42(46-44)31-23-21-30(22-24-31)34-18-10-12-29-11-4-5-15-33(29)34/h1-28H. The number of nitrogens with zero attached hydrogens (tertiary/aromatic N) is 4. The molecule has 7 aromatic carbocycles. The minimum Gasteiger partial charge on any atom is -0.316 e. The highest BCUT2D eigenvalue weighted by Gasteiger charge is 2.20. The maximum absolute atomic E-state index is 5.38. The maximum atomic E-state index is 5.38. The Kier molecular flexibility index (Phi) is 5.84. The van der Waals surface area contributed by atoms with Crippen LogP contribution < -0.4 is 0 Å². The Balaban J connectivity index is 1.20. The van der Waals surface area contributed by atoms with Gasteiger partial charge in [0.25, 0.3) is 0 Å². The van der Waals surface area contributed by atoms with Gasteiger partial charge >= 0.3 is 0 Å². The van der Waals surface area contributed by atoms with Gasteiger partial charge in [-0.15, -0.1) is 0 Å². The van der Waals surface area contributed by atoms with Gasteiger partial charge in [-0.2, -0.15) is 0 Å². The van der Waals surface area contributed by atoms with Crippen LogP contribution in [0, 0.1) is 0 Å². The van der Waals surface area contributed by atoms with E-state index in [2.05, 4.69) is 179 Å². The molecular weight excluding hydrogens is 585 g/mol. The van der Waals surface area contributed by atoms with E-state index in [-0.39, 0.29) is 0 Å². The molecule has 0 fully saturated rings. The second kappa shape index (κ2) is 10.5. The number of aromatic nitrogens is 4. The number of benzene rings is 7. The predicted octanol–water partition coefficient (Wildman–Crippen LogP) is 11.2. The van der Waals surface area contributed by atoms with Crippen LogP contribution in [0.5, 0.6) is 0 Å². The van der Waals surface area contributed by atoms with E-state index < -0.39 is 0 Å². The highest BCUT2D eigenvalue weighted by molar-refractivity contribution is 6.18. The summed E-state index contributed by atoms with van der Waals surface area (Å²) in [5, 5.41) is 7.04. The van der Waals surface area contributed by atoms with Crippen molar-refractivity contribution in [2.45, 2.75) is 0 Å². The van der Waals surface area contributed by atoms with Gasteiger partial charge in [-0.25, -0.2) is 9.97 Å². The molecule has 0 aliphatic heterocycles. The monoisotopic (exact) mass is 612 g/mol. The lowest BCUT2D eigenvalue weighted by Crippen LogP contribution is -2.03. The lowest BCUT2D eigenvalue weighted by atomic mass is 9.96. The molecule has 0 saturated heterocycles. The van der Waals surface area contributed by atoms with Crippen molar-refractivity contribution in [2.75, 3.05) is 0 Å². The molecule has 10 aromatic rings. The molecule has 0 aliphatic rings. The Bertz CT molecular complexity index is 2820. The summed E-state index contributed by atoms with van der Waals surface area (Å²) < 4.78 is 4.50. The average Bonchev–Trinajstić information content (AvgIpc) is 3.74. The number of para-hydroxylation sites is 3. The van der Waals surface area contributed by atoms with Crippen LogP contribution in [0.4, 0.5) is 0 Å². The molecule has 0 bridgehead atoms. The fraction of sp³-hybridized carbons (Fsp3) is 0. The Labute approximate surface area is 276 Å². The van der Waals surface area contributed by atoms with Crippen molar-refractivity contribution in [2.24, 2.45) is 0 Å². The Morgan fingerprint density at radius 3 is 2.00 bits per heavy atom. The van der Waals surface area contributed by atoms with Gasteiger partial charge in [0.1, 0.15) is 0 Å². The van der Waals surface area contributed by atoms with Gasteiger partial charge in [0.2, 0.25) is 5.95 Å². The van der Waals surface area contributed by atoms with Crippen LogP contribution >= 0.6 is 0 Å². The summed E-state index contributed by atoms with van der Waals surface area (Å²) in [6.07, 6.45) is 2.16. The molecule has 0 unspecified atom stereocenters. The van der Waals surface area contributed by atoms with Crippen LogP contribution in [-0.2, 0) is 0 Å². The molecule has 10 rings (SSSR count). The van der Waals surface area contributed by atoms with Gasteiger partial charge in [-0.3, -0.25) is 4.57 Å². The predicted molar refractivity (Wildman–Crippen MR) is 199 cm³/mol. The van der Waals surface area contributed by atoms with E-state index in [0.717, 1.165) is 49.8 Å². The Morgan fingerprint density at radius 2 is 1.12 bits per heavy atom.